The van der Waals surface area contributed by atoms with Crippen LogP contribution in [-0.4, -0.2) is 6.04 Å². The fraction of sp³-hybridized carbons (Fsp3) is 0.538. The fourth-order valence-electron chi connectivity index (χ4n) is 2.52. The quantitative estimate of drug-likeness (QED) is 0.763. The van der Waals surface area contributed by atoms with E-state index in [2.05, 4.69) is 40.9 Å². The minimum atomic E-state index is 0.652. The van der Waals surface area contributed by atoms with E-state index in [9.17, 15) is 0 Å². The zero-order valence-electron chi connectivity index (χ0n) is 9.47. The average molecular weight is 350 g/mol. The maximum Gasteiger partial charge on any atom is 0.0479 e. The van der Waals surface area contributed by atoms with Gasteiger partial charge in [-0.2, -0.15) is 0 Å². The molecule has 2 atom stereocenters. The molecule has 16 heavy (non-hydrogen) atoms. The van der Waals surface area contributed by atoms with Crippen molar-refractivity contribution in [1.82, 2.24) is 0 Å². The van der Waals surface area contributed by atoms with Crippen LogP contribution in [0.1, 0.15) is 32.6 Å². The van der Waals surface area contributed by atoms with Gasteiger partial charge in [-0.05, 0) is 59.5 Å². The lowest BCUT2D eigenvalue weighted by Crippen LogP contribution is -2.23. The maximum absolute atomic E-state index is 5.96. The average Bonchev–Trinajstić information content (AvgIpc) is 2.69. The van der Waals surface area contributed by atoms with Gasteiger partial charge >= 0.3 is 0 Å². The Bertz CT molecular complexity index is 367. The first-order valence-corrected chi connectivity index (χ1v) is 7.38. The van der Waals surface area contributed by atoms with Gasteiger partial charge in [0.15, 0.2) is 0 Å². The zero-order chi connectivity index (χ0) is 11.5. The first-order valence-electron chi connectivity index (χ1n) is 5.92. The molecular weight excluding hydrogens is 333 g/mol. The second-order valence-electron chi connectivity index (χ2n) is 4.47. The number of hydrogen-bond acceptors (Lipinski definition) is 1. The van der Waals surface area contributed by atoms with Crippen molar-refractivity contribution in [3.63, 3.8) is 0 Å². The molecule has 1 fully saturated rings. The Labute approximate surface area is 116 Å². The molecule has 3 heteroatoms. The molecule has 1 aromatic carbocycles. The third-order valence-corrected chi connectivity index (χ3v) is 4.58. The Kier molecular flexibility index (Phi) is 4.36. The molecule has 1 aliphatic carbocycles. The van der Waals surface area contributed by atoms with Crippen LogP contribution in [0.4, 0.5) is 5.69 Å². The molecule has 0 bridgehead atoms. The molecule has 88 valence electrons. The van der Waals surface area contributed by atoms with E-state index in [0.29, 0.717) is 6.04 Å². The van der Waals surface area contributed by atoms with Crippen LogP contribution < -0.4 is 5.32 Å². The van der Waals surface area contributed by atoms with E-state index in [1.165, 1.54) is 34.9 Å². The lowest BCUT2D eigenvalue weighted by atomic mass is 10.0. The summed E-state index contributed by atoms with van der Waals surface area (Å²) in [5.41, 5.74) is 1.23. The number of nitrogens with one attached hydrogen (secondary N) is 1. The van der Waals surface area contributed by atoms with Gasteiger partial charge in [-0.3, -0.25) is 0 Å². The maximum atomic E-state index is 5.96. The van der Waals surface area contributed by atoms with Gasteiger partial charge in [0.25, 0.3) is 0 Å². The minimum Gasteiger partial charge on any atom is -0.381 e. The molecule has 0 aromatic heterocycles. The SMILES string of the molecule is CCC1CCCC1Nc1ccc(Cl)cc1I. The number of anilines is 1. The molecule has 1 aromatic rings. The predicted molar refractivity (Wildman–Crippen MR) is 79.2 cm³/mol. The van der Waals surface area contributed by atoms with Gasteiger partial charge in [-0.15, -0.1) is 0 Å². The van der Waals surface area contributed by atoms with Crippen molar-refractivity contribution in [2.75, 3.05) is 5.32 Å². The first kappa shape index (κ1) is 12.5. The Morgan fingerprint density at radius 2 is 2.25 bits per heavy atom. The van der Waals surface area contributed by atoms with Gasteiger partial charge in [-0.1, -0.05) is 31.4 Å². The van der Waals surface area contributed by atoms with E-state index in [1.807, 2.05) is 12.1 Å². The third-order valence-electron chi connectivity index (χ3n) is 3.46. The van der Waals surface area contributed by atoms with Crippen molar-refractivity contribution in [2.45, 2.75) is 38.6 Å². The standard InChI is InChI=1S/C13H17ClIN/c1-2-9-4-3-5-12(9)16-13-7-6-10(14)8-11(13)15/h6-9,12,16H,2-5H2,1H3. The van der Waals surface area contributed by atoms with Crippen molar-refractivity contribution >= 4 is 39.9 Å². The highest BCUT2D eigenvalue weighted by atomic mass is 127. The van der Waals surface area contributed by atoms with Gasteiger partial charge < -0.3 is 5.32 Å². The molecule has 0 amide bonds. The van der Waals surface area contributed by atoms with Crippen LogP contribution in [0.15, 0.2) is 18.2 Å². The number of halogens is 2. The highest BCUT2D eigenvalue weighted by Crippen LogP contribution is 2.32. The summed E-state index contributed by atoms with van der Waals surface area (Å²) in [6.07, 6.45) is 5.32. The monoisotopic (exact) mass is 349 g/mol. The fourth-order valence-corrected chi connectivity index (χ4v) is 3.55. The summed E-state index contributed by atoms with van der Waals surface area (Å²) in [6.45, 7) is 2.29. The molecule has 1 nitrogen and oxygen atoms in total. The number of rotatable bonds is 3. The highest BCUT2D eigenvalue weighted by Gasteiger charge is 2.25. The zero-order valence-corrected chi connectivity index (χ0v) is 12.4. The molecular formula is C13H17ClIN. The normalized spacial score (nSPS) is 24.7. The van der Waals surface area contributed by atoms with E-state index >= 15 is 0 Å². The summed E-state index contributed by atoms with van der Waals surface area (Å²) in [6, 6.07) is 6.72. The van der Waals surface area contributed by atoms with Crippen LogP contribution in [0.5, 0.6) is 0 Å². The van der Waals surface area contributed by atoms with Crippen molar-refractivity contribution in [1.29, 1.82) is 0 Å². The van der Waals surface area contributed by atoms with Crippen LogP contribution in [0.3, 0.4) is 0 Å². The first-order chi connectivity index (χ1) is 7.70. The van der Waals surface area contributed by atoms with Gasteiger partial charge in [0.1, 0.15) is 0 Å². The van der Waals surface area contributed by atoms with Crippen LogP contribution >= 0.6 is 34.2 Å². The smallest absolute Gasteiger partial charge is 0.0479 e. The van der Waals surface area contributed by atoms with Crippen molar-refractivity contribution in [3.8, 4) is 0 Å². The molecule has 1 aliphatic rings. The summed E-state index contributed by atoms with van der Waals surface area (Å²) >= 11 is 8.30. The molecule has 0 spiro atoms. The summed E-state index contributed by atoms with van der Waals surface area (Å²) < 4.78 is 1.21. The predicted octanol–water partition coefficient (Wildman–Crippen LogP) is 4.94. The van der Waals surface area contributed by atoms with Gasteiger partial charge in [0, 0.05) is 20.3 Å². The Hall–Kier alpha value is 0.0400. The molecule has 2 rings (SSSR count). The second-order valence-corrected chi connectivity index (χ2v) is 6.07. The summed E-state index contributed by atoms with van der Waals surface area (Å²) in [7, 11) is 0. The topological polar surface area (TPSA) is 12.0 Å². The number of benzene rings is 1. The third kappa shape index (κ3) is 2.83. The van der Waals surface area contributed by atoms with Crippen LogP contribution in [0, 0.1) is 9.49 Å². The summed E-state index contributed by atoms with van der Waals surface area (Å²) in [5.74, 6) is 0.839. The lowest BCUT2D eigenvalue weighted by molar-refractivity contribution is 0.489. The van der Waals surface area contributed by atoms with Gasteiger partial charge in [0.05, 0.1) is 0 Å². The highest BCUT2D eigenvalue weighted by molar-refractivity contribution is 14.1. The molecule has 0 saturated heterocycles. The molecule has 0 radical (unpaired) electrons. The Balaban J connectivity index is 2.08. The molecule has 1 N–H and O–H groups in total. The summed E-state index contributed by atoms with van der Waals surface area (Å²) in [4.78, 5) is 0. The second kappa shape index (κ2) is 5.58. The molecule has 0 aliphatic heterocycles. The van der Waals surface area contributed by atoms with E-state index < -0.39 is 0 Å². The van der Waals surface area contributed by atoms with Crippen molar-refractivity contribution in [3.05, 3.63) is 26.8 Å². The van der Waals surface area contributed by atoms with E-state index in [0.717, 1.165) is 10.9 Å². The van der Waals surface area contributed by atoms with Crippen LogP contribution in [0.2, 0.25) is 5.02 Å². The molecule has 1 saturated carbocycles. The molecule has 0 heterocycles. The van der Waals surface area contributed by atoms with E-state index in [-0.39, 0.29) is 0 Å². The van der Waals surface area contributed by atoms with Gasteiger partial charge in [0.2, 0.25) is 0 Å². The van der Waals surface area contributed by atoms with Gasteiger partial charge in [-0.25, -0.2) is 0 Å². The Morgan fingerprint density at radius 1 is 1.44 bits per heavy atom. The van der Waals surface area contributed by atoms with Crippen LogP contribution in [0.25, 0.3) is 0 Å². The minimum absolute atomic E-state index is 0.652. The Morgan fingerprint density at radius 3 is 2.94 bits per heavy atom. The summed E-state index contributed by atoms with van der Waals surface area (Å²) in [5, 5.41) is 4.48. The lowest BCUT2D eigenvalue weighted by Gasteiger charge is -2.21. The molecule has 2 unspecified atom stereocenters. The van der Waals surface area contributed by atoms with Crippen LogP contribution in [-0.2, 0) is 0 Å². The number of hydrogen-bond donors (Lipinski definition) is 1. The van der Waals surface area contributed by atoms with E-state index in [4.69, 9.17) is 11.6 Å². The van der Waals surface area contributed by atoms with E-state index in [1.54, 1.807) is 0 Å². The van der Waals surface area contributed by atoms with Crippen molar-refractivity contribution in [2.24, 2.45) is 5.92 Å². The van der Waals surface area contributed by atoms with Crippen molar-refractivity contribution < 1.29 is 0 Å². The largest absolute Gasteiger partial charge is 0.381 e.